The summed E-state index contributed by atoms with van der Waals surface area (Å²) in [4.78, 5) is 1.08. The summed E-state index contributed by atoms with van der Waals surface area (Å²) in [5.74, 6) is 0. The van der Waals surface area contributed by atoms with E-state index in [1.807, 2.05) is 18.4 Å². The van der Waals surface area contributed by atoms with E-state index in [-0.39, 0.29) is 4.90 Å². The van der Waals surface area contributed by atoms with Crippen LogP contribution < -0.4 is 0 Å². The van der Waals surface area contributed by atoms with E-state index >= 15 is 0 Å². The molecule has 5 heteroatoms. The molecular weight excluding hydrogens is 254 g/mol. The average molecular weight is 265 g/mol. The first kappa shape index (κ1) is 12.0. The van der Waals surface area contributed by atoms with Crippen LogP contribution in [0.25, 0.3) is 0 Å². The highest BCUT2D eigenvalue weighted by molar-refractivity contribution is 7.90. The Balaban J connectivity index is 2.31. The number of sulfonamides is 1. The number of thiophene rings is 1. The number of rotatable bonds is 3. The van der Waals surface area contributed by atoms with E-state index < -0.39 is 10.0 Å². The Bertz CT molecular complexity index is 628. The van der Waals surface area contributed by atoms with Gasteiger partial charge in [0.1, 0.15) is 0 Å². The molecule has 0 spiro atoms. The van der Waals surface area contributed by atoms with Crippen LogP contribution in [0.1, 0.15) is 10.4 Å². The molecule has 17 heavy (non-hydrogen) atoms. The molecule has 0 saturated heterocycles. The van der Waals surface area contributed by atoms with Crippen molar-refractivity contribution < 1.29 is 8.42 Å². The molecule has 1 aromatic heterocycles. The fourth-order valence-corrected chi connectivity index (χ4v) is 3.01. The molecular formula is C12H11NO2S2. The van der Waals surface area contributed by atoms with E-state index in [4.69, 9.17) is 0 Å². The minimum absolute atomic E-state index is 0.213. The van der Waals surface area contributed by atoms with E-state index in [0.29, 0.717) is 0 Å². The molecule has 0 amide bonds. The second-order valence-corrected chi connectivity index (χ2v) is 6.07. The minimum Gasteiger partial charge on any atom is -0.199 e. The van der Waals surface area contributed by atoms with Crippen molar-refractivity contribution >= 4 is 27.6 Å². The van der Waals surface area contributed by atoms with Crippen molar-refractivity contribution in [3.05, 3.63) is 52.2 Å². The molecule has 0 bridgehead atoms. The third kappa shape index (κ3) is 2.81. The van der Waals surface area contributed by atoms with Crippen LogP contribution in [0.5, 0.6) is 0 Å². The molecule has 0 N–H and O–H groups in total. The summed E-state index contributed by atoms with van der Waals surface area (Å²) in [6, 6.07) is 10.1. The van der Waals surface area contributed by atoms with Crippen LogP contribution in [-0.2, 0) is 10.0 Å². The van der Waals surface area contributed by atoms with Crippen molar-refractivity contribution in [2.75, 3.05) is 0 Å². The first-order valence-corrected chi connectivity index (χ1v) is 7.31. The van der Waals surface area contributed by atoms with Crippen LogP contribution in [-0.4, -0.2) is 14.6 Å². The molecule has 0 radical (unpaired) electrons. The van der Waals surface area contributed by atoms with Crippen LogP contribution in [0.2, 0.25) is 0 Å². The third-order valence-corrected chi connectivity index (χ3v) is 4.46. The van der Waals surface area contributed by atoms with Gasteiger partial charge in [0, 0.05) is 4.88 Å². The highest BCUT2D eigenvalue weighted by atomic mass is 32.2. The molecule has 88 valence electrons. The molecule has 0 unspecified atom stereocenters. The Labute approximate surface area is 105 Å². The van der Waals surface area contributed by atoms with Crippen molar-refractivity contribution in [1.82, 2.24) is 0 Å². The summed E-state index contributed by atoms with van der Waals surface area (Å²) >= 11 is 1.47. The van der Waals surface area contributed by atoms with Crippen molar-refractivity contribution in [3.8, 4) is 0 Å². The quantitative estimate of drug-likeness (QED) is 0.801. The van der Waals surface area contributed by atoms with Crippen molar-refractivity contribution in [3.63, 3.8) is 0 Å². The van der Waals surface area contributed by atoms with Gasteiger partial charge in [-0.1, -0.05) is 18.2 Å². The largest absolute Gasteiger partial charge is 0.282 e. The van der Waals surface area contributed by atoms with Gasteiger partial charge in [-0.25, -0.2) is 0 Å². The lowest BCUT2D eigenvalue weighted by atomic mass is 10.3. The maximum atomic E-state index is 11.8. The second kappa shape index (κ2) is 4.81. The highest BCUT2D eigenvalue weighted by Crippen LogP contribution is 2.15. The first-order chi connectivity index (χ1) is 8.09. The van der Waals surface area contributed by atoms with Gasteiger partial charge in [-0.05, 0) is 36.1 Å². The maximum absolute atomic E-state index is 11.8. The van der Waals surface area contributed by atoms with E-state index in [1.165, 1.54) is 29.7 Å². The van der Waals surface area contributed by atoms with Gasteiger partial charge in [0.25, 0.3) is 10.0 Å². The molecule has 0 aliphatic carbocycles. The molecule has 0 fully saturated rings. The van der Waals surface area contributed by atoms with E-state index in [2.05, 4.69) is 4.40 Å². The average Bonchev–Trinajstić information content (AvgIpc) is 2.74. The summed E-state index contributed by atoms with van der Waals surface area (Å²) in [6.45, 7) is 1.92. The van der Waals surface area contributed by atoms with Gasteiger partial charge in [-0.3, -0.25) is 0 Å². The molecule has 0 saturated carbocycles. The van der Waals surface area contributed by atoms with Gasteiger partial charge in [-0.15, -0.1) is 11.3 Å². The summed E-state index contributed by atoms with van der Waals surface area (Å²) in [7, 11) is -3.58. The Morgan fingerprint density at radius 3 is 2.47 bits per heavy atom. The third-order valence-electron chi connectivity index (χ3n) is 2.25. The van der Waals surface area contributed by atoms with E-state index in [1.54, 1.807) is 18.2 Å². The summed E-state index contributed by atoms with van der Waals surface area (Å²) in [5.41, 5.74) is 1.03. The second-order valence-electron chi connectivity index (χ2n) is 3.49. The minimum atomic E-state index is -3.58. The zero-order valence-electron chi connectivity index (χ0n) is 9.20. The van der Waals surface area contributed by atoms with Gasteiger partial charge in [0.2, 0.25) is 0 Å². The predicted octanol–water partition coefficient (Wildman–Crippen LogP) is 2.86. The van der Waals surface area contributed by atoms with Crippen LogP contribution in [0.15, 0.2) is 51.1 Å². The number of hydrogen-bond donors (Lipinski definition) is 0. The standard InChI is InChI=1S/C12H11NO2S2/c1-10-7-8-16-12(10)9-13-17(14,15)11-5-3-2-4-6-11/h2-9H,1H3/b13-9-. The SMILES string of the molecule is Cc1ccsc1/C=N\S(=O)(=O)c1ccccc1. The monoisotopic (exact) mass is 265 g/mol. The lowest BCUT2D eigenvalue weighted by molar-refractivity contribution is 0.598. The van der Waals surface area contributed by atoms with Gasteiger partial charge in [0.05, 0.1) is 11.1 Å². The molecule has 2 aromatic rings. The molecule has 2 rings (SSSR count). The lowest BCUT2D eigenvalue weighted by Crippen LogP contribution is -1.97. The van der Waals surface area contributed by atoms with Gasteiger partial charge < -0.3 is 0 Å². The van der Waals surface area contributed by atoms with Crippen LogP contribution in [0, 0.1) is 6.92 Å². The molecule has 0 aliphatic heterocycles. The zero-order valence-corrected chi connectivity index (χ0v) is 10.8. The van der Waals surface area contributed by atoms with Crippen molar-refractivity contribution in [2.45, 2.75) is 11.8 Å². The number of aryl methyl sites for hydroxylation is 1. The number of nitrogens with zero attached hydrogens (tertiary/aromatic N) is 1. The number of benzene rings is 1. The fourth-order valence-electron chi connectivity index (χ4n) is 1.29. The summed E-state index contributed by atoms with van der Waals surface area (Å²) in [5, 5.41) is 1.91. The van der Waals surface area contributed by atoms with E-state index in [0.717, 1.165) is 10.4 Å². The Morgan fingerprint density at radius 2 is 1.88 bits per heavy atom. The summed E-state index contributed by atoms with van der Waals surface area (Å²) < 4.78 is 27.4. The van der Waals surface area contributed by atoms with Gasteiger partial charge >= 0.3 is 0 Å². The Hall–Kier alpha value is -1.46. The first-order valence-electron chi connectivity index (χ1n) is 4.99. The summed E-state index contributed by atoms with van der Waals surface area (Å²) in [6.07, 6.45) is 1.41. The molecule has 0 aliphatic rings. The van der Waals surface area contributed by atoms with E-state index in [9.17, 15) is 8.42 Å². The fraction of sp³-hybridized carbons (Fsp3) is 0.0833. The maximum Gasteiger partial charge on any atom is 0.282 e. The number of hydrogen-bond acceptors (Lipinski definition) is 3. The predicted molar refractivity (Wildman–Crippen MR) is 70.3 cm³/mol. The topological polar surface area (TPSA) is 46.5 Å². The van der Waals surface area contributed by atoms with Crippen LogP contribution in [0.3, 0.4) is 0 Å². The lowest BCUT2D eigenvalue weighted by Gasteiger charge is -1.96. The van der Waals surface area contributed by atoms with Crippen molar-refractivity contribution in [2.24, 2.45) is 4.40 Å². The van der Waals surface area contributed by atoms with Gasteiger partial charge in [0.15, 0.2) is 0 Å². The molecule has 3 nitrogen and oxygen atoms in total. The zero-order chi connectivity index (χ0) is 12.3. The Morgan fingerprint density at radius 1 is 1.18 bits per heavy atom. The molecule has 1 heterocycles. The van der Waals surface area contributed by atoms with Gasteiger partial charge in [-0.2, -0.15) is 12.8 Å². The van der Waals surface area contributed by atoms with Crippen LogP contribution in [0.4, 0.5) is 0 Å². The molecule has 1 aromatic carbocycles. The van der Waals surface area contributed by atoms with Crippen LogP contribution >= 0.6 is 11.3 Å². The highest BCUT2D eigenvalue weighted by Gasteiger charge is 2.10. The van der Waals surface area contributed by atoms with Crippen molar-refractivity contribution in [1.29, 1.82) is 0 Å². The smallest absolute Gasteiger partial charge is 0.199 e. The normalized spacial score (nSPS) is 12.1. The molecule has 0 atom stereocenters. The Kier molecular flexibility index (Phi) is 3.40.